The molecule has 3 rings (SSSR count). The van der Waals surface area contributed by atoms with Crippen LogP contribution in [0.15, 0.2) is 53.2 Å². The van der Waals surface area contributed by atoms with Crippen LogP contribution in [0.5, 0.6) is 0 Å². The van der Waals surface area contributed by atoms with Crippen LogP contribution in [-0.4, -0.2) is 28.5 Å². The van der Waals surface area contributed by atoms with E-state index in [4.69, 9.17) is 16.3 Å². The van der Waals surface area contributed by atoms with Crippen LogP contribution in [0.4, 0.5) is 0 Å². The molecule has 22 heavy (non-hydrogen) atoms. The summed E-state index contributed by atoms with van der Waals surface area (Å²) in [4.78, 5) is 16.6. The Balaban J connectivity index is 2.09. The first-order valence-electron chi connectivity index (χ1n) is 7.17. The Morgan fingerprint density at radius 1 is 1.50 bits per heavy atom. The van der Waals surface area contributed by atoms with Gasteiger partial charge in [0.15, 0.2) is 5.78 Å². The number of Topliss-reactive ketones (excluding diaryl/α,β-unsaturated/α-hetero) is 1. The van der Waals surface area contributed by atoms with E-state index in [2.05, 4.69) is 4.99 Å². The summed E-state index contributed by atoms with van der Waals surface area (Å²) in [6.07, 6.45) is 6.51. The number of halogens is 1. The summed E-state index contributed by atoms with van der Waals surface area (Å²) in [5.74, 6) is -1.51. The van der Waals surface area contributed by atoms with Gasteiger partial charge >= 0.3 is 0 Å². The molecule has 1 aromatic carbocycles. The van der Waals surface area contributed by atoms with Gasteiger partial charge in [0.2, 0.25) is 0 Å². The van der Waals surface area contributed by atoms with Crippen LogP contribution in [0.3, 0.4) is 0 Å². The molecule has 114 valence electrons. The molecule has 4 nitrogen and oxygen atoms in total. The molecule has 1 N–H and O–H groups in total. The molecule has 1 aliphatic heterocycles. The lowest BCUT2D eigenvalue weighted by Crippen LogP contribution is -2.52. The standard InChI is InChI=1S/C17H16ClNO3/c1-2-3-4-7-11-10-19-16-14(18)15(20)12-8-5-6-9-13(12)17(16,21)22-11/h3-9,14,21H,2,10H2,1H3. The van der Waals surface area contributed by atoms with E-state index in [0.717, 1.165) is 6.42 Å². The minimum Gasteiger partial charge on any atom is -0.455 e. The zero-order valence-electron chi connectivity index (χ0n) is 12.1. The number of ether oxygens (including phenoxy) is 1. The molecule has 0 saturated carbocycles. The zero-order valence-corrected chi connectivity index (χ0v) is 12.9. The number of hydrogen-bond donors (Lipinski definition) is 1. The van der Waals surface area contributed by atoms with Gasteiger partial charge < -0.3 is 9.84 Å². The van der Waals surface area contributed by atoms with E-state index >= 15 is 0 Å². The maximum absolute atomic E-state index is 12.3. The third-order valence-electron chi connectivity index (χ3n) is 3.71. The first-order chi connectivity index (χ1) is 10.6. The van der Waals surface area contributed by atoms with Crippen molar-refractivity contribution in [2.24, 2.45) is 4.99 Å². The van der Waals surface area contributed by atoms with E-state index in [1.165, 1.54) is 0 Å². The van der Waals surface area contributed by atoms with Gasteiger partial charge in [-0.2, -0.15) is 0 Å². The Morgan fingerprint density at radius 2 is 2.27 bits per heavy atom. The van der Waals surface area contributed by atoms with Crippen molar-refractivity contribution in [3.63, 3.8) is 0 Å². The highest BCUT2D eigenvalue weighted by Crippen LogP contribution is 2.40. The largest absolute Gasteiger partial charge is 0.455 e. The van der Waals surface area contributed by atoms with Crippen LogP contribution in [0.25, 0.3) is 0 Å². The van der Waals surface area contributed by atoms with Crippen molar-refractivity contribution in [1.82, 2.24) is 0 Å². The number of aliphatic imine (C=N–C) groups is 1. The number of carbonyl (C=O) groups is 1. The predicted molar refractivity (Wildman–Crippen MR) is 85.2 cm³/mol. The van der Waals surface area contributed by atoms with E-state index < -0.39 is 11.2 Å². The van der Waals surface area contributed by atoms with Gasteiger partial charge in [0.05, 0.1) is 6.54 Å². The predicted octanol–water partition coefficient (Wildman–Crippen LogP) is 2.96. The number of ketones is 1. The van der Waals surface area contributed by atoms with Crippen LogP contribution in [0.2, 0.25) is 0 Å². The van der Waals surface area contributed by atoms with Gasteiger partial charge in [0.25, 0.3) is 5.79 Å². The van der Waals surface area contributed by atoms with Gasteiger partial charge in [-0.15, -0.1) is 11.6 Å². The highest BCUT2D eigenvalue weighted by atomic mass is 35.5. The maximum atomic E-state index is 12.3. The first kappa shape index (κ1) is 15.0. The molecule has 0 fully saturated rings. The molecule has 0 bridgehead atoms. The second-order valence-electron chi connectivity index (χ2n) is 5.19. The number of carbonyl (C=O) groups excluding carboxylic acids is 1. The summed E-state index contributed by atoms with van der Waals surface area (Å²) < 4.78 is 5.77. The van der Waals surface area contributed by atoms with Crippen molar-refractivity contribution in [2.75, 3.05) is 6.54 Å². The van der Waals surface area contributed by atoms with E-state index in [1.807, 2.05) is 19.1 Å². The highest BCUT2D eigenvalue weighted by Gasteiger charge is 2.52. The molecule has 0 spiro atoms. The molecule has 1 aliphatic carbocycles. The van der Waals surface area contributed by atoms with Gasteiger partial charge in [-0.25, -0.2) is 0 Å². The van der Waals surface area contributed by atoms with Crippen molar-refractivity contribution in [2.45, 2.75) is 24.5 Å². The zero-order chi connectivity index (χ0) is 15.7. The summed E-state index contributed by atoms with van der Waals surface area (Å²) in [6, 6.07) is 6.78. The summed E-state index contributed by atoms with van der Waals surface area (Å²) in [5.41, 5.74) is 0.921. The average Bonchev–Trinajstić information content (AvgIpc) is 2.53. The topological polar surface area (TPSA) is 58.9 Å². The van der Waals surface area contributed by atoms with Crippen LogP contribution < -0.4 is 0 Å². The van der Waals surface area contributed by atoms with Crippen LogP contribution in [-0.2, 0) is 10.5 Å². The van der Waals surface area contributed by atoms with Gasteiger partial charge in [-0.1, -0.05) is 43.3 Å². The maximum Gasteiger partial charge on any atom is 0.277 e. The quantitative estimate of drug-likeness (QED) is 0.853. The number of allylic oxidation sites excluding steroid dienone is 3. The van der Waals surface area contributed by atoms with E-state index in [0.29, 0.717) is 16.9 Å². The Labute approximate surface area is 133 Å². The Morgan fingerprint density at radius 3 is 3.05 bits per heavy atom. The molecular formula is C17H16ClNO3. The lowest BCUT2D eigenvalue weighted by atomic mass is 9.83. The number of fused-ring (bicyclic) bond motifs is 3. The van der Waals surface area contributed by atoms with Crippen molar-refractivity contribution in [1.29, 1.82) is 0 Å². The number of nitrogens with zero attached hydrogens (tertiary/aromatic N) is 1. The van der Waals surface area contributed by atoms with Gasteiger partial charge in [0.1, 0.15) is 16.8 Å². The van der Waals surface area contributed by atoms with Gasteiger partial charge in [-0.05, 0) is 12.5 Å². The van der Waals surface area contributed by atoms with Gasteiger partial charge in [0, 0.05) is 11.1 Å². The fraction of sp³-hybridized carbons (Fsp3) is 0.294. The molecule has 1 aromatic rings. The number of aliphatic hydroxyl groups is 1. The normalized spacial score (nSPS) is 29.0. The summed E-state index contributed by atoms with van der Waals surface area (Å²) >= 11 is 6.18. The smallest absolute Gasteiger partial charge is 0.277 e. The van der Waals surface area contributed by atoms with E-state index in [-0.39, 0.29) is 18.0 Å². The molecule has 2 unspecified atom stereocenters. The third-order valence-corrected chi connectivity index (χ3v) is 4.12. The Hall–Kier alpha value is -1.91. The monoisotopic (exact) mass is 317 g/mol. The number of rotatable bonds is 2. The van der Waals surface area contributed by atoms with Crippen molar-refractivity contribution >= 4 is 23.1 Å². The summed E-state index contributed by atoms with van der Waals surface area (Å²) in [7, 11) is 0. The fourth-order valence-corrected chi connectivity index (χ4v) is 2.98. The van der Waals surface area contributed by atoms with E-state index in [9.17, 15) is 9.90 Å². The van der Waals surface area contributed by atoms with Crippen molar-refractivity contribution in [3.05, 3.63) is 59.4 Å². The minimum atomic E-state index is -1.78. The average molecular weight is 318 g/mol. The Bertz CT molecular complexity index is 708. The molecule has 5 heteroatoms. The van der Waals surface area contributed by atoms with Crippen LogP contribution in [0.1, 0.15) is 29.3 Å². The number of alkyl halides is 1. The molecule has 2 atom stereocenters. The second kappa shape index (κ2) is 5.71. The third kappa shape index (κ3) is 2.28. The second-order valence-corrected chi connectivity index (χ2v) is 5.63. The first-order valence-corrected chi connectivity index (χ1v) is 7.61. The lowest BCUT2D eigenvalue weighted by Gasteiger charge is -2.40. The SMILES string of the molecule is CCC=CC=C1CN=C2C(Cl)C(=O)c3ccccc3C2(O)O1. The molecule has 0 aromatic heterocycles. The minimum absolute atomic E-state index is 0.162. The summed E-state index contributed by atoms with van der Waals surface area (Å²) in [5, 5.41) is 10.00. The molecule has 1 heterocycles. The molecular weight excluding hydrogens is 302 g/mol. The summed E-state index contributed by atoms with van der Waals surface area (Å²) in [6.45, 7) is 2.28. The molecule has 0 saturated heterocycles. The highest BCUT2D eigenvalue weighted by molar-refractivity contribution is 6.47. The fourth-order valence-electron chi connectivity index (χ4n) is 2.64. The molecule has 2 aliphatic rings. The van der Waals surface area contributed by atoms with Gasteiger partial charge in [-0.3, -0.25) is 9.79 Å². The van der Waals surface area contributed by atoms with Crippen LogP contribution >= 0.6 is 11.6 Å². The van der Waals surface area contributed by atoms with Crippen molar-refractivity contribution in [3.8, 4) is 0 Å². The van der Waals surface area contributed by atoms with Crippen LogP contribution in [0, 0.1) is 0 Å². The van der Waals surface area contributed by atoms with E-state index in [1.54, 1.807) is 30.3 Å². The number of benzene rings is 1. The van der Waals surface area contributed by atoms with Crippen molar-refractivity contribution < 1.29 is 14.6 Å². The molecule has 0 radical (unpaired) electrons. The molecule has 0 amide bonds. The Kier molecular flexibility index (Phi) is 3.89. The number of hydrogen-bond acceptors (Lipinski definition) is 4. The lowest BCUT2D eigenvalue weighted by molar-refractivity contribution is -0.134.